The quantitative estimate of drug-likeness (QED) is 0.734. The van der Waals surface area contributed by atoms with E-state index >= 15 is 0 Å². The van der Waals surface area contributed by atoms with E-state index < -0.39 is 0 Å². The molecule has 4 rings (SSSR count). The number of carbonyl (C=O) groups excluding carboxylic acids is 1. The molecule has 2 aromatic carbocycles. The summed E-state index contributed by atoms with van der Waals surface area (Å²) in [6.45, 7) is 2.03. The topological polar surface area (TPSA) is 32.7 Å². The second-order valence-corrected chi connectivity index (χ2v) is 6.94. The summed E-state index contributed by atoms with van der Waals surface area (Å²) in [6.07, 6.45) is 5.64. The average Bonchev–Trinajstić information content (AvgIpc) is 2.97. The van der Waals surface area contributed by atoms with Crippen LogP contribution >= 0.6 is 11.8 Å². The van der Waals surface area contributed by atoms with Gasteiger partial charge in [-0.25, -0.2) is 0 Å². The van der Waals surface area contributed by atoms with Crippen LogP contribution in [0.5, 0.6) is 0 Å². The molecule has 0 spiro atoms. The number of hydrogen-bond acceptors (Lipinski definition) is 3. The lowest BCUT2D eigenvalue weighted by atomic mass is 10.0. The maximum atomic E-state index is 12.3. The van der Waals surface area contributed by atoms with Gasteiger partial charge in [0.05, 0.1) is 4.91 Å². The highest BCUT2D eigenvalue weighted by Gasteiger charge is 2.26. The second kappa shape index (κ2) is 6.20. The molecule has 23 heavy (non-hydrogen) atoms. The van der Waals surface area contributed by atoms with Crippen molar-refractivity contribution in [3.05, 3.63) is 52.9 Å². The normalized spacial score (nSPS) is 20.3. The molecule has 0 radical (unpaired) electrons. The third-order valence-corrected chi connectivity index (χ3v) is 5.39. The first-order chi connectivity index (χ1) is 11.3. The number of thioether (sulfide) groups is 1. The molecule has 0 N–H and O–H groups in total. The van der Waals surface area contributed by atoms with Crippen LogP contribution in [-0.4, -0.2) is 29.1 Å². The van der Waals surface area contributed by atoms with Gasteiger partial charge in [-0.05, 0) is 53.4 Å². The van der Waals surface area contributed by atoms with Crippen LogP contribution in [0.4, 0.5) is 0 Å². The lowest BCUT2D eigenvalue weighted by molar-refractivity contribution is -0.113. The minimum Gasteiger partial charge on any atom is -0.351 e. The summed E-state index contributed by atoms with van der Waals surface area (Å²) in [5.41, 5.74) is 1.08. The Morgan fingerprint density at radius 3 is 2.65 bits per heavy atom. The summed E-state index contributed by atoms with van der Waals surface area (Å²) >= 11 is 1.52. The minimum absolute atomic E-state index is 0.108. The molecular weight excluding hydrogens is 304 g/mol. The van der Waals surface area contributed by atoms with Crippen molar-refractivity contribution in [1.29, 1.82) is 0 Å². The molecule has 0 unspecified atom stereocenters. The zero-order valence-electron chi connectivity index (χ0n) is 12.9. The Bertz CT molecular complexity index is 814. The Morgan fingerprint density at radius 2 is 1.78 bits per heavy atom. The molecule has 4 heteroatoms. The van der Waals surface area contributed by atoms with Crippen LogP contribution < -0.4 is 0 Å². The largest absolute Gasteiger partial charge is 0.351 e. The lowest BCUT2D eigenvalue weighted by Gasteiger charge is -2.27. The smallest absolute Gasteiger partial charge is 0.286 e. The van der Waals surface area contributed by atoms with Crippen LogP contribution in [0.3, 0.4) is 0 Å². The summed E-state index contributed by atoms with van der Waals surface area (Å²) in [7, 11) is 0. The van der Waals surface area contributed by atoms with Gasteiger partial charge in [-0.3, -0.25) is 4.79 Å². The second-order valence-electron chi connectivity index (χ2n) is 5.93. The third-order valence-electron chi connectivity index (χ3n) is 4.35. The first kappa shape index (κ1) is 14.5. The van der Waals surface area contributed by atoms with Gasteiger partial charge in [-0.2, -0.15) is 4.99 Å². The zero-order valence-corrected chi connectivity index (χ0v) is 13.7. The van der Waals surface area contributed by atoms with Gasteiger partial charge in [0.15, 0.2) is 5.17 Å². The fourth-order valence-electron chi connectivity index (χ4n) is 3.14. The summed E-state index contributed by atoms with van der Waals surface area (Å²) in [5.74, 6) is -0.108. The number of aliphatic imine (C=N–C) groups is 1. The molecule has 2 aromatic rings. The molecule has 0 atom stereocenters. The van der Waals surface area contributed by atoms with Crippen LogP contribution in [0, 0.1) is 0 Å². The van der Waals surface area contributed by atoms with Crippen molar-refractivity contribution < 1.29 is 4.79 Å². The molecule has 0 aromatic heterocycles. The highest BCUT2D eigenvalue weighted by atomic mass is 32.2. The van der Waals surface area contributed by atoms with E-state index in [9.17, 15) is 4.79 Å². The van der Waals surface area contributed by atoms with Crippen LogP contribution in [0.15, 0.2) is 52.4 Å². The lowest BCUT2D eigenvalue weighted by Crippen LogP contribution is -2.33. The van der Waals surface area contributed by atoms with Gasteiger partial charge >= 0.3 is 0 Å². The summed E-state index contributed by atoms with van der Waals surface area (Å²) in [4.78, 5) is 19.5. The van der Waals surface area contributed by atoms with Crippen molar-refractivity contribution in [2.24, 2.45) is 4.99 Å². The Morgan fingerprint density at radius 1 is 1.00 bits per heavy atom. The Hall–Kier alpha value is -2.07. The van der Waals surface area contributed by atoms with Gasteiger partial charge in [0.1, 0.15) is 0 Å². The fourth-order valence-corrected chi connectivity index (χ4v) is 4.09. The number of rotatable bonds is 1. The van der Waals surface area contributed by atoms with Crippen LogP contribution in [0.2, 0.25) is 0 Å². The molecular formula is C19H18N2OS. The van der Waals surface area contributed by atoms with Crippen molar-refractivity contribution in [3.63, 3.8) is 0 Å². The van der Waals surface area contributed by atoms with Crippen molar-refractivity contribution in [1.82, 2.24) is 4.90 Å². The first-order valence-electron chi connectivity index (χ1n) is 8.06. The SMILES string of the molecule is O=C1N=C(N2CCCCC2)SC1=Cc1cccc2ccccc12. The fraction of sp³-hybridized carbons (Fsp3) is 0.263. The van der Waals surface area contributed by atoms with E-state index in [0.717, 1.165) is 28.7 Å². The van der Waals surface area contributed by atoms with Crippen molar-refractivity contribution >= 4 is 39.7 Å². The zero-order chi connectivity index (χ0) is 15.6. The maximum absolute atomic E-state index is 12.3. The summed E-state index contributed by atoms with van der Waals surface area (Å²) in [5, 5.41) is 3.23. The third kappa shape index (κ3) is 2.91. The number of piperidine rings is 1. The van der Waals surface area contributed by atoms with Crippen LogP contribution in [-0.2, 0) is 4.79 Å². The van der Waals surface area contributed by atoms with E-state index in [0.29, 0.717) is 0 Å². The van der Waals surface area contributed by atoms with Gasteiger partial charge in [-0.1, -0.05) is 42.5 Å². The van der Waals surface area contributed by atoms with Crippen molar-refractivity contribution in [2.75, 3.05) is 13.1 Å². The molecule has 1 amide bonds. The molecule has 1 saturated heterocycles. The molecule has 1 fully saturated rings. The predicted molar refractivity (Wildman–Crippen MR) is 97.4 cm³/mol. The molecule has 0 saturated carbocycles. The van der Waals surface area contributed by atoms with Crippen molar-refractivity contribution in [3.8, 4) is 0 Å². The number of nitrogens with zero attached hydrogens (tertiary/aromatic N) is 2. The van der Waals surface area contributed by atoms with E-state index in [-0.39, 0.29) is 5.91 Å². The van der Waals surface area contributed by atoms with E-state index in [1.54, 1.807) is 0 Å². The highest BCUT2D eigenvalue weighted by Crippen LogP contribution is 2.32. The van der Waals surface area contributed by atoms with E-state index in [2.05, 4.69) is 34.2 Å². The van der Waals surface area contributed by atoms with Gasteiger partial charge < -0.3 is 4.90 Å². The molecule has 116 valence electrons. The number of hydrogen-bond donors (Lipinski definition) is 0. The minimum atomic E-state index is -0.108. The van der Waals surface area contributed by atoms with Gasteiger partial charge in [-0.15, -0.1) is 0 Å². The van der Waals surface area contributed by atoms with Gasteiger partial charge in [0.2, 0.25) is 0 Å². The van der Waals surface area contributed by atoms with Crippen molar-refractivity contribution in [2.45, 2.75) is 19.3 Å². The molecule has 2 aliphatic rings. The number of fused-ring (bicyclic) bond motifs is 1. The molecule has 0 aliphatic carbocycles. The molecule has 0 bridgehead atoms. The highest BCUT2D eigenvalue weighted by molar-refractivity contribution is 8.18. The standard InChI is InChI=1S/C19H18N2OS/c22-18-17(23-19(20-18)21-11-4-1-5-12-21)13-15-9-6-8-14-7-2-3-10-16(14)15/h2-3,6-10,13H,1,4-5,11-12H2. The number of amides is 1. The van der Waals surface area contributed by atoms with E-state index in [1.807, 2.05) is 24.3 Å². The van der Waals surface area contributed by atoms with Crippen LogP contribution in [0.1, 0.15) is 24.8 Å². The van der Waals surface area contributed by atoms with Gasteiger partial charge in [0, 0.05) is 13.1 Å². The molecule has 3 nitrogen and oxygen atoms in total. The Balaban J connectivity index is 1.63. The molecule has 2 heterocycles. The number of carbonyl (C=O) groups is 1. The summed E-state index contributed by atoms with van der Waals surface area (Å²) in [6, 6.07) is 14.4. The monoisotopic (exact) mass is 322 g/mol. The number of amidine groups is 1. The number of likely N-dealkylation sites (tertiary alicyclic amines) is 1. The Kier molecular flexibility index (Phi) is 3.92. The predicted octanol–water partition coefficient (Wildman–Crippen LogP) is 4.30. The number of benzene rings is 2. The van der Waals surface area contributed by atoms with Gasteiger partial charge in [0.25, 0.3) is 5.91 Å². The maximum Gasteiger partial charge on any atom is 0.286 e. The van der Waals surface area contributed by atoms with E-state index in [4.69, 9.17) is 0 Å². The van der Waals surface area contributed by atoms with Crippen LogP contribution in [0.25, 0.3) is 16.8 Å². The van der Waals surface area contributed by atoms with E-state index in [1.165, 1.54) is 41.8 Å². The first-order valence-corrected chi connectivity index (χ1v) is 8.88. The average molecular weight is 322 g/mol. The molecule has 2 aliphatic heterocycles. The Labute approximate surface area is 140 Å². The summed E-state index contributed by atoms with van der Waals surface area (Å²) < 4.78 is 0.